The molecule has 1 saturated heterocycles. The maximum absolute atomic E-state index is 12.8. The molecule has 4 rings (SSSR count). The van der Waals surface area contributed by atoms with Gasteiger partial charge in [-0.3, -0.25) is 29.4 Å². The van der Waals surface area contributed by atoms with Crippen LogP contribution in [0.2, 0.25) is 0 Å². The molecule has 1 aliphatic rings. The first-order chi connectivity index (χ1) is 16.9. The van der Waals surface area contributed by atoms with Crippen LogP contribution < -0.4 is 10.1 Å². The molecule has 1 heterocycles. The van der Waals surface area contributed by atoms with E-state index >= 15 is 0 Å². The summed E-state index contributed by atoms with van der Waals surface area (Å²) in [5.74, 6) is -0.558. The van der Waals surface area contributed by atoms with Crippen molar-refractivity contribution >= 4 is 46.3 Å². The highest BCUT2D eigenvalue weighted by atomic mass is 32.2. The summed E-state index contributed by atoms with van der Waals surface area (Å²) in [7, 11) is 0. The lowest BCUT2D eigenvalue weighted by molar-refractivity contribution is -0.384. The molecule has 0 aromatic heterocycles. The zero-order valence-electron chi connectivity index (χ0n) is 18.2. The van der Waals surface area contributed by atoms with E-state index < -0.39 is 28.5 Å². The quantitative estimate of drug-likeness (QED) is 0.273. The van der Waals surface area contributed by atoms with Gasteiger partial charge < -0.3 is 10.1 Å². The number of benzene rings is 3. The van der Waals surface area contributed by atoms with Gasteiger partial charge in [0, 0.05) is 17.8 Å². The number of nitro benzene ring substituents is 1. The van der Waals surface area contributed by atoms with Gasteiger partial charge in [0.1, 0.15) is 18.9 Å². The minimum Gasteiger partial charge on any atom is -0.489 e. The zero-order valence-corrected chi connectivity index (χ0v) is 19.1. The Kier molecular flexibility index (Phi) is 7.22. The molecule has 0 aliphatic carbocycles. The molecule has 1 fully saturated rings. The molecule has 0 radical (unpaired) electrons. The monoisotopic (exact) mass is 489 g/mol. The van der Waals surface area contributed by atoms with Gasteiger partial charge in [-0.2, -0.15) is 0 Å². The van der Waals surface area contributed by atoms with Crippen molar-refractivity contribution < 1.29 is 24.0 Å². The molecule has 176 valence electrons. The van der Waals surface area contributed by atoms with Crippen molar-refractivity contribution in [2.45, 2.75) is 6.61 Å². The summed E-state index contributed by atoms with van der Waals surface area (Å²) in [4.78, 5) is 48.7. The fourth-order valence-electron chi connectivity index (χ4n) is 3.23. The predicted octanol–water partition coefficient (Wildman–Crippen LogP) is 4.85. The topological polar surface area (TPSA) is 119 Å². The smallest absolute Gasteiger partial charge is 0.294 e. The molecule has 3 amide bonds. The number of nitro groups is 1. The molecular formula is C25H19N3O6S. The van der Waals surface area contributed by atoms with Crippen molar-refractivity contribution in [3.05, 3.63) is 105 Å². The molecule has 0 spiro atoms. The third kappa shape index (κ3) is 6.12. The number of rotatable bonds is 8. The first-order valence-corrected chi connectivity index (χ1v) is 11.3. The third-order valence-electron chi connectivity index (χ3n) is 4.94. The highest BCUT2D eigenvalue weighted by molar-refractivity contribution is 8.18. The summed E-state index contributed by atoms with van der Waals surface area (Å²) in [6, 6.07) is 22.1. The molecule has 10 heteroatoms. The van der Waals surface area contributed by atoms with E-state index in [1.165, 1.54) is 24.3 Å². The first kappa shape index (κ1) is 23.7. The van der Waals surface area contributed by atoms with Crippen molar-refractivity contribution in [2.75, 3.05) is 11.9 Å². The summed E-state index contributed by atoms with van der Waals surface area (Å²) in [6.07, 6.45) is 1.58. The fraction of sp³-hybridized carbons (Fsp3) is 0.0800. The van der Waals surface area contributed by atoms with Crippen LogP contribution in [0.15, 0.2) is 83.8 Å². The van der Waals surface area contributed by atoms with E-state index in [0.29, 0.717) is 23.6 Å². The van der Waals surface area contributed by atoms with E-state index in [-0.39, 0.29) is 10.6 Å². The number of carbonyl (C=O) groups excluding carboxylic acids is 3. The maximum atomic E-state index is 12.8. The number of carbonyl (C=O) groups is 3. The minimum absolute atomic E-state index is 0.117. The van der Waals surface area contributed by atoms with E-state index in [0.717, 1.165) is 22.2 Å². The molecule has 0 bridgehead atoms. The van der Waals surface area contributed by atoms with E-state index in [2.05, 4.69) is 5.32 Å². The van der Waals surface area contributed by atoms with Crippen molar-refractivity contribution in [2.24, 2.45) is 0 Å². The van der Waals surface area contributed by atoms with Crippen LogP contribution in [0.1, 0.15) is 11.1 Å². The Morgan fingerprint density at radius 2 is 1.77 bits per heavy atom. The van der Waals surface area contributed by atoms with E-state index in [1.54, 1.807) is 30.3 Å². The van der Waals surface area contributed by atoms with Crippen LogP contribution in [0.3, 0.4) is 0 Å². The average molecular weight is 490 g/mol. The molecule has 9 nitrogen and oxygen atoms in total. The fourth-order valence-corrected chi connectivity index (χ4v) is 4.07. The van der Waals surface area contributed by atoms with Gasteiger partial charge >= 0.3 is 0 Å². The van der Waals surface area contributed by atoms with Gasteiger partial charge in [0.25, 0.3) is 16.8 Å². The summed E-state index contributed by atoms with van der Waals surface area (Å²) >= 11 is 0.749. The Morgan fingerprint density at radius 3 is 2.49 bits per heavy atom. The number of nitrogens with one attached hydrogen (secondary N) is 1. The lowest BCUT2D eigenvalue weighted by atomic mass is 10.2. The number of amides is 3. The molecule has 3 aromatic carbocycles. The number of thioether (sulfide) groups is 1. The second-order valence-electron chi connectivity index (χ2n) is 7.47. The molecule has 1 aliphatic heterocycles. The van der Waals surface area contributed by atoms with E-state index in [1.807, 2.05) is 30.3 Å². The van der Waals surface area contributed by atoms with Gasteiger partial charge in [-0.1, -0.05) is 42.5 Å². The molecule has 0 unspecified atom stereocenters. The van der Waals surface area contributed by atoms with Crippen molar-refractivity contribution in [1.29, 1.82) is 0 Å². The Bertz CT molecular complexity index is 1310. The highest BCUT2D eigenvalue weighted by Gasteiger charge is 2.36. The first-order valence-electron chi connectivity index (χ1n) is 10.5. The third-order valence-corrected chi connectivity index (χ3v) is 5.85. The van der Waals surface area contributed by atoms with Crippen LogP contribution in [-0.2, 0) is 16.2 Å². The van der Waals surface area contributed by atoms with Gasteiger partial charge in [0.2, 0.25) is 5.91 Å². The average Bonchev–Trinajstić information content (AvgIpc) is 3.11. The van der Waals surface area contributed by atoms with Crippen LogP contribution in [-0.4, -0.2) is 33.4 Å². The maximum Gasteiger partial charge on any atom is 0.294 e. The molecule has 3 aromatic rings. The Morgan fingerprint density at radius 1 is 1.03 bits per heavy atom. The number of imide groups is 1. The van der Waals surface area contributed by atoms with Crippen LogP contribution in [0.4, 0.5) is 16.2 Å². The molecule has 35 heavy (non-hydrogen) atoms. The standard InChI is InChI=1S/C25H19N3O6S/c29-23(26-19-9-11-20(12-10-19)28(32)33)15-27-24(30)22(35-25(27)31)14-18-7-4-8-21(13-18)34-16-17-5-2-1-3-6-17/h1-14H,15-16H2,(H,26,29)/b22-14-. The molecule has 1 N–H and O–H groups in total. The second kappa shape index (κ2) is 10.7. The van der Waals surface area contributed by atoms with Crippen molar-refractivity contribution in [3.63, 3.8) is 0 Å². The number of hydrogen-bond donors (Lipinski definition) is 1. The number of anilines is 1. The zero-order chi connectivity index (χ0) is 24.8. The van der Waals surface area contributed by atoms with E-state index in [9.17, 15) is 24.5 Å². The van der Waals surface area contributed by atoms with Gasteiger partial charge in [-0.25, -0.2) is 0 Å². The Labute approximate surface area is 204 Å². The SMILES string of the molecule is O=C(CN1C(=O)S/C(=C\c2cccc(OCc3ccccc3)c2)C1=O)Nc1ccc([N+](=O)[O-])cc1. The molecular weight excluding hydrogens is 470 g/mol. The van der Waals surface area contributed by atoms with Crippen LogP contribution in [0.5, 0.6) is 5.75 Å². The lowest BCUT2D eigenvalue weighted by Crippen LogP contribution is -2.36. The van der Waals surface area contributed by atoms with Crippen molar-refractivity contribution in [1.82, 2.24) is 4.90 Å². The molecule has 0 saturated carbocycles. The van der Waals surface area contributed by atoms with Gasteiger partial charge in [0.15, 0.2) is 0 Å². The number of hydrogen-bond acceptors (Lipinski definition) is 7. The second-order valence-corrected chi connectivity index (χ2v) is 8.46. The predicted molar refractivity (Wildman–Crippen MR) is 132 cm³/mol. The number of ether oxygens (including phenoxy) is 1. The number of nitrogens with zero attached hydrogens (tertiary/aromatic N) is 2. The van der Waals surface area contributed by atoms with Crippen molar-refractivity contribution in [3.8, 4) is 5.75 Å². The van der Waals surface area contributed by atoms with Gasteiger partial charge in [0.05, 0.1) is 9.83 Å². The normalized spacial score (nSPS) is 14.3. The Balaban J connectivity index is 1.38. The summed E-state index contributed by atoms with van der Waals surface area (Å²) < 4.78 is 5.81. The summed E-state index contributed by atoms with van der Waals surface area (Å²) in [6.45, 7) is -0.0795. The van der Waals surface area contributed by atoms with E-state index in [4.69, 9.17) is 4.74 Å². The van der Waals surface area contributed by atoms with Gasteiger partial charge in [-0.05, 0) is 53.2 Å². The lowest BCUT2D eigenvalue weighted by Gasteiger charge is -2.12. The number of non-ortho nitro benzene ring substituents is 1. The largest absolute Gasteiger partial charge is 0.489 e. The van der Waals surface area contributed by atoms with Crippen LogP contribution >= 0.6 is 11.8 Å². The summed E-state index contributed by atoms with van der Waals surface area (Å²) in [5, 5.41) is 12.7. The van der Waals surface area contributed by atoms with Crippen LogP contribution in [0.25, 0.3) is 6.08 Å². The Hall–Kier alpha value is -4.44. The highest BCUT2D eigenvalue weighted by Crippen LogP contribution is 2.32. The van der Waals surface area contributed by atoms with Gasteiger partial charge in [-0.15, -0.1) is 0 Å². The minimum atomic E-state index is -0.598. The summed E-state index contributed by atoms with van der Waals surface area (Å²) in [5.41, 5.74) is 1.89. The van der Waals surface area contributed by atoms with Crippen LogP contribution in [0, 0.1) is 10.1 Å². The molecule has 0 atom stereocenters.